The molecule has 1 aromatic carbocycles. The zero-order valence-electron chi connectivity index (χ0n) is 17.8. The maximum atomic E-state index is 12.3. The summed E-state index contributed by atoms with van der Waals surface area (Å²) in [4.78, 5) is 26.4. The van der Waals surface area contributed by atoms with Crippen molar-refractivity contribution in [3.05, 3.63) is 53.7 Å². The molecule has 3 rings (SSSR count). The lowest BCUT2D eigenvalue weighted by Gasteiger charge is -2.33. The molecule has 0 radical (unpaired) electrons. The molecule has 0 atom stereocenters. The van der Waals surface area contributed by atoms with Gasteiger partial charge in [-0.1, -0.05) is 44.2 Å². The van der Waals surface area contributed by atoms with Crippen LogP contribution in [-0.2, 0) is 9.59 Å². The standard InChI is InChI=1S/C14H16F2N2O4.C9H12/c1-7-2-3-10(13(17-7)22-14(15)16)18-12(21)9-4-8(5-9)6-11(19)20;1-8(2)9-6-4-3-5-7-9/h2-3,8-9,14H,4-6H2,1H3,(H,18,21)(H,19,20);3-8H,1-2H3. The van der Waals surface area contributed by atoms with Crippen LogP contribution in [0.1, 0.15) is 50.3 Å². The number of amides is 1. The highest BCUT2D eigenvalue weighted by molar-refractivity contribution is 5.94. The normalized spacial score (nSPS) is 17.4. The maximum Gasteiger partial charge on any atom is 0.388 e. The summed E-state index contributed by atoms with van der Waals surface area (Å²) in [6, 6.07) is 13.5. The molecule has 31 heavy (non-hydrogen) atoms. The van der Waals surface area contributed by atoms with Gasteiger partial charge in [-0.25, -0.2) is 4.98 Å². The Balaban J connectivity index is 0.000000316. The van der Waals surface area contributed by atoms with E-state index in [0.29, 0.717) is 24.5 Å². The number of carboxylic acid groups (broad SMARTS) is 1. The third kappa shape index (κ3) is 7.96. The minimum absolute atomic E-state index is 0.0128. The van der Waals surface area contributed by atoms with Crippen LogP contribution in [0.4, 0.5) is 14.5 Å². The zero-order valence-corrected chi connectivity index (χ0v) is 17.8. The number of aromatic nitrogens is 1. The van der Waals surface area contributed by atoms with Crippen LogP contribution in [0.15, 0.2) is 42.5 Å². The van der Waals surface area contributed by atoms with Crippen molar-refractivity contribution in [2.75, 3.05) is 5.32 Å². The Morgan fingerprint density at radius 1 is 1.16 bits per heavy atom. The number of carbonyl (C=O) groups excluding carboxylic acids is 1. The van der Waals surface area contributed by atoms with Gasteiger partial charge in [-0.05, 0) is 49.3 Å². The molecule has 0 aliphatic heterocycles. The number of aryl methyl sites for hydroxylation is 1. The summed E-state index contributed by atoms with van der Waals surface area (Å²) in [6.07, 6.45) is 0.987. The fraction of sp³-hybridized carbons (Fsp3) is 0.435. The number of hydrogen-bond acceptors (Lipinski definition) is 4. The number of rotatable bonds is 7. The number of nitrogens with one attached hydrogen (secondary N) is 1. The van der Waals surface area contributed by atoms with Crippen molar-refractivity contribution in [1.82, 2.24) is 4.98 Å². The van der Waals surface area contributed by atoms with Gasteiger partial charge >= 0.3 is 12.6 Å². The number of halogens is 2. The first-order valence-electron chi connectivity index (χ1n) is 10.2. The zero-order chi connectivity index (χ0) is 23.0. The molecule has 0 saturated heterocycles. The Hall–Kier alpha value is -3.03. The fourth-order valence-corrected chi connectivity index (χ4v) is 3.24. The summed E-state index contributed by atoms with van der Waals surface area (Å²) in [7, 11) is 0. The second-order valence-electron chi connectivity index (χ2n) is 7.87. The molecular formula is C23H28F2N2O4. The molecule has 6 nitrogen and oxygen atoms in total. The van der Waals surface area contributed by atoms with Crippen LogP contribution in [0.25, 0.3) is 0 Å². The van der Waals surface area contributed by atoms with Crippen LogP contribution in [0.3, 0.4) is 0 Å². The first kappa shape index (κ1) is 24.2. The number of hydrogen-bond donors (Lipinski definition) is 2. The van der Waals surface area contributed by atoms with Gasteiger partial charge < -0.3 is 15.2 Å². The number of pyridine rings is 1. The first-order chi connectivity index (χ1) is 14.7. The van der Waals surface area contributed by atoms with E-state index < -0.39 is 12.6 Å². The second-order valence-corrected chi connectivity index (χ2v) is 7.87. The van der Waals surface area contributed by atoms with Crippen molar-refractivity contribution in [3.63, 3.8) is 0 Å². The Kier molecular flexibility index (Phi) is 8.90. The van der Waals surface area contributed by atoms with Crippen LogP contribution in [0.2, 0.25) is 0 Å². The van der Waals surface area contributed by atoms with Gasteiger partial charge in [0.25, 0.3) is 0 Å². The smallest absolute Gasteiger partial charge is 0.388 e. The van der Waals surface area contributed by atoms with Gasteiger partial charge in [0.15, 0.2) is 0 Å². The molecule has 2 aromatic rings. The molecule has 1 fully saturated rings. The molecule has 1 heterocycles. The predicted molar refractivity (Wildman–Crippen MR) is 113 cm³/mol. The molecular weight excluding hydrogens is 406 g/mol. The lowest BCUT2D eigenvalue weighted by Crippen LogP contribution is -2.35. The molecule has 0 unspecified atom stereocenters. The highest BCUT2D eigenvalue weighted by Crippen LogP contribution is 2.37. The number of carbonyl (C=O) groups is 2. The maximum absolute atomic E-state index is 12.3. The van der Waals surface area contributed by atoms with E-state index in [2.05, 4.69) is 53.2 Å². The van der Waals surface area contributed by atoms with E-state index in [9.17, 15) is 18.4 Å². The van der Waals surface area contributed by atoms with Crippen LogP contribution in [-0.4, -0.2) is 28.6 Å². The molecule has 1 aliphatic carbocycles. The average Bonchev–Trinajstić information content (AvgIpc) is 2.67. The van der Waals surface area contributed by atoms with Gasteiger partial charge in [0, 0.05) is 18.0 Å². The Morgan fingerprint density at radius 3 is 2.32 bits per heavy atom. The molecule has 1 aromatic heterocycles. The van der Waals surface area contributed by atoms with Crippen LogP contribution in [0, 0.1) is 18.8 Å². The highest BCUT2D eigenvalue weighted by Gasteiger charge is 2.35. The van der Waals surface area contributed by atoms with E-state index in [-0.39, 0.29) is 35.7 Å². The number of aliphatic carboxylic acids is 1. The molecule has 2 N–H and O–H groups in total. The van der Waals surface area contributed by atoms with E-state index in [4.69, 9.17) is 5.11 Å². The van der Waals surface area contributed by atoms with E-state index >= 15 is 0 Å². The third-order valence-corrected chi connectivity index (χ3v) is 4.99. The van der Waals surface area contributed by atoms with Gasteiger partial charge in [0.1, 0.15) is 5.69 Å². The Morgan fingerprint density at radius 2 is 1.81 bits per heavy atom. The van der Waals surface area contributed by atoms with Gasteiger partial charge in [0.2, 0.25) is 11.8 Å². The van der Waals surface area contributed by atoms with Gasteiger partial charge in [-0.2, -0.15) is 8.78 Å². The minimum Gasteiger partial charge on any atom is -0.481 e. The Labute approximate surface area is 180 Å². The SMILES string of the molecule is CC(C)c1ccccc1.Cc1ccc(NC(=O)C2CC(CC(=O)O)C2)c(OC(F)F)n1. The van der Waals surface area contributed by atoms with Crippen LogP contribution >= 0.6 is 0 Å². The molecule has 168 valence electrons. The number of anilines is 1. The van der Waals surface area contributed by atoms with Gasteiger partial charge in [-0.15, -0.1) is 0 Å². The lowest BCUT2D eigenvalue weighted by molar-refractivity contribution is -0.140. The van der Waals surface area contributed by atoms with Crippen LogP contribution in [0.5, 0.6) is 5.88 Å². The lowest BCUT2D eigenvalue weighted by atomic mass is 9.73. The number of nitrogens with zero attached hydrogens (tertiary/aromatic N) is 1. The first-order valence-corrected chi connectivity index (χ1v) is 10.2. The molecule has 8 heteroatoms. The summed E-state index contributed by atoms with van der Waals surface area (Å²) in [5, 5.41) is 11.2. The van der Waals surface area contributed by atoms with Gasteiger partial charge in [-0.3, -0.25) is 9.59 Å². The summed E-state index contributed by atoms with van der Waals surface area (Å²) in [5.74, 6) is -1.23. The van der Waals surface area contributed by atoms with Crippen LogP contribution < -0.4 is 10.1 Å². The number of carboxylic acids is 1. The third-order valence-electron chi connectivity index (χ3n) is 4.99. The number of ether oxygens (including phenoxy) is 1. The Bertz CT molecular complexity index is 869. The summed E-state index contributed by atoms with van der Waals surface area (Å²) < 4.78 is 29.0. The average molecular weight is 434 g/mol. The number of benzene rings is 1. The van der Waals surface area contributed by atoms with E-state index in [1.54, 1.807) is 13.0 Å². The van der Waals surface area contributed by atoms with Gasteiger partial charge in [0.05, 0.1) is 0 Å². The van der Waals surface area contributed by atoms with Crippen molar-refractivity contribution < 1.29 is 28.2 Å². The summed E-state index contributed by atoms with van der Waals surface area (Å²) in [5.41, 5.74) is 1.98. The van der Waals surface area contributed by atoms with Crippen molar-refractivity contribution in [2.24, 2.45) is 11.8 Å². The van der Waals surface area contributed by atoms with E-state index in [1.165, 1.54) is 11.6 Å². The molecule has 1 amide bonds. The topological polar surface area (TPSA) is 88.5 Å². The highest BCUT2D eigenvalue weighted by atomic mass is 19.3. The van der Waals surface area contributed by atoms with Crippen molar-refractivity contribution >= 4 is 17.6 Å². The largest absolute Gasteiger partial charge is 0.481 e. The van der Waals surface area contributed by atoms with Crippen molar-refractivity contribution in [1.29, 1.82) is 0 Å². The quantitative estimate of drug-likeness (QED) is 0.622. The monoisotopic (exact) mass is 434 g/mol. The second kappa shape index (κ2) is 11.4. The van der Waals surface area contributed by atoms with Crippen molar-refractivity contribution in [3.8, 4) is 5.88 Å². The van der Waals surface area contributed by atoms with E-state index in [1.807, 2.05) is 6.07 Å². The predicted octanol–water partition coefficient (Wildman–Crippen LogP) is 5.24. The van der Waals surface area contributed by atoms with E-state index in [0.717, 1.165) is 0 Å². The van der Waals surface area contributed by atoms with Crippen molar-refractivity contribution in [2.45, 2.75) is 52.6 Å². The molecule has 0 spiro atoms. The molecule has 1 aliphatic rings. The molecule has 1 saturated carbocycles. The fourth-order valence-electron chi connectivity index (χ4n) is 3.24. The molecule has 0 bridgehead atoms. The minimum atomic E-state index is -3.03. The number of alkyl halides is 2. The summed E-state index contributed by atoms with van der Waals surface area (Å²) in [6.45, 7) is 2.99. The summed E-state index contributed by atoms with van der Waals surface area (Å²) >= 11 is 0.